The fourth-order valence-electron chi connectivity index (χ4n) is 2.47. The molecule has 0 unspecified atom stereocenters. The van der Waals surface area contributed by atoms with Crippen molar-refractivity contribution < 1.29 is 14.6 Å². The molecule has 0 saturated carbocycles. The van der Waals surface area contributed by atoms with Crippen molar-refractivity contribution in [2.75, 3.05) is 13.2 Å². The summed E-state index contributed by atoms with van der Waals surface area (Å²) < 4.78 is 5.46. The standard InChI is InChI=1S/C18H19NO3S/c1-18(21,16-3-2-10-23-16)12-19-17(20)7-5-13-4-6-15-14(11-13)8-9-22-15/h2-7,10-11,21H,8-9,12H2,1H3,(H,19,20)/b7-5+/t18-/m0/s1. The van der Waals surface area contributed by atoms with Crippen LogP contribution < -0.4 is 10.1 Å². The van der Waals surface area contributed by atoms with Gasteiger partial charge < -0.3 is 15.2 Å². The Kier molecular flexibility index (Phi) is 4.50. The van der Waals surface area contributed by atoms with Gasteiger partial charge in [0.25, 0.3) is 0 Å². The van der Waals surface area contributed by atoms with Crippen molar-refractivity contribution in [3.05, 3.63) is 57.8 Å². The topological polar surface area (TPSA) is 58.6 Å². The predicted octanol–water partition coefficient (Wildman–Crippen LogP) is 2.72. The van der Waals surface area contributed by atoms with Crippen molar-refractivity contribution >= 4 is 23.3 Å². The highest BCUT2D eigenvalue weighted by Crippen LogP contribution is 2.26. The van der Waals surface area contributed by atoms with E-state index in [-0.39, 0.29) is 12.5 Å². The molecule has 0 radical (unpaired) electrons. The van der Waals surface area contributed by atoms with E-state index in [1.54, 1.807) is 13.0 Å². The molecule has 120 valence electrons. The van der Waals surface area contributed by atoms with Crippen LogP contribution in [0.25, 0.3) is 6.08 Å². The molecule has 0 aliphatic carbocycles. The highest BCUT2D eigenvalue weighted by molar-refractivity contribution is 7.10. The van der Waals surface area contributed by atoms with Crippen LogP contribution in [0.4, 0.5) is 0 Å². The second kappa shape index (κ2) is 6.56. The lowest BCUT2D eigenvalue weighted by Crippen LogP contribution is -2.37. The fourth-order valence-corrected chi connectivity index (χ4v) is 3.26. The number of rotatable bonds is 5. The number of hydrogen-bond acceptors (Lipinski definition) is 4. The minimum atomic E-state index is -1.05. The highest BCUT2D eigenvalue weighted by atomic mass is 32.1. The minimum Gasteiger partial charge on any atom is -0.493 e. The summed E-state index contributed by atoms with van der Waals surface area (Å²) in [4.78, 5) is 12.8. The third-order valence-corrected chi connectivity index (χ3v) is 4.92. The number of fused-ring (bicyclic) bond motifs is 1. The first kappa shape index (κ1) is 15.8. The van der Waals surface area contributed by atoms with Gasteiger partial charge in [-0.15, -0.1) is 11.3 Å². The van der Waals surface area contributed by atoms with Crippen LogP contribution >= 0.6 is 11.3 Å². The molecule has 4 nitrogen and oxygen atoms in total. The minimum absolute atomic E-state index is 0.175. The number of hydrogen-bond donors (Lipinski definition) is 2. The van der Waals surface area contributed by atoms with Gasteiger partial charge in [-0.25, -0.2) is 0 Å². The SMILES string of the molecule is C[C@](O)(CNC(=O)/C=C/c1ccc2c(c1)CCO2)c1cccs1. The Bertz CT molecular complexity index is 720. The van der Waals surface area contributed by atoms with E-state index in [2.05, 4.69) is 5.32 Å². The third-order valence-electron chi connectivity index (χ3n) is 3.80. The number of nitrogens with one attached hydrogen (secondary N) is 1. The van der Waals surface area contributed by atoms with Gasteiger partial charge >= 0.3 is 0 Å². The maximum atomic E-state index is 11.9. The molecule has 1 aliphatic heterocycles. The van der Waals surface area contributed by atoms with Gasteiger partial charge in [-0.1, -0.05) is 12.1 Å². The van der Waals surface area contributed by atoms with Crippen LogP contribution in [-0.2, 0) is 16.8 Å². The van der Waals surface area contributed by atoms with Crippen molar-refractivity contribution in [2.45, 2.75) is 18.9 Å². The van der Waals surface area contributed by atoms with Crippen molar-refractivity contribution in [3.63, 3.8) is 0 Å². The molecule has 1 amide bonds. The maximum Gasteiger partial charge on any atom is 0.244 e. The Labute approximate surface area is 139 Å². The Morgan fingerprint density at radius 3 is 3.13 bits per heavy atom. The van der Waals surface area contributed by atoms with Crippen molar-refractivity contribution in [1.82, 2.24) is 5.32 Å². The molecular weight excluding hydrogens is 310 g/mol. The predicted molar refractivity (Wildman–Crippen MR) is 91.6 cm³/mol. The second-order valence-corrected chi connectivity index (χ2v) is 6.72. The van der Waals surface area contributed by atoms with Crippen molar-refractivity contribution in [3.8, 4) is 5.75 Å². The molecule has 2 aromatic rings. The number of ether oxygens (including phenoxy) is 1. The van der Waals surface area contributed by atoms with E-state index < -0.39 is 5.60 Å². The molecule has 0 fully saturated rings. The van der Waals surface area contributed by atoms with Crippen LogP contribution in [0.3, 0.4) is 0 Å². The molecule has 0 spiro atoms. The average molecular weight is 329 g/mol. The van der Waals surface area contributed by atoms with E-state index in [4.69, 9.17) is 4.74 Å². The van der Waals surface area contributed by atoms with E-state index in [1.165, 1.54) is 23.0 Å². The molecule has 2 N–H and O–H groups in total. The van der Waals surface area contributed by atoms with Crippen LogP contribution in [0.2, 0.25) is 0 Å². The smallest absolute Gasteiger partial charge is 0.244 e. The van der Waals surface area contributed by atoms with Gasteiger partial charge in [-0.3, -0.25) is 4.79 Å². The van der Waals surface area contributed by atoms with E-state index in [0.29, 0.717) is 0 Å². The monoisotopic (exact) mass is 329 g/mol. The summed E-state index contributed by atoms with van der Waals surface area (Å²) in [6.07, 6.45) is 4.17. The van der Waals surface area contributed by atoms with Crippen LogP contribution in [0, 0.1) is 0 Å². The second-order valence-electron chi connectivity index (χ2n) is 5.77. The van der Waals surface area contributed by atoms with E-state index in [9.17, 15) is 9.90 Å². The lowest BCUT2D eigenvalue weighted by atomic mass is 10.1. The molecule has 3 rings (SSSR count). The van der Waals surface area contributed by atoms with E-state index in [1.807, 2.05) is 35.7 Å². The number of thiophene rings is 1. The first-order chi connectivity index (χ1) is 11.0. The van der Waals surface area contributed by atoms with E-state index in [0.717, 1.165) is 29.2 Å². The molecular formula is C18H19NO3S. The Hall–Kier alpha value is -2.11. The molecule has 0 saturated heterocycles. The molecule has 1 atom stereocenters. The number of carbonyl (C=O) groups is 1. The fraction of sp³-hybridized carbons (Fsp3) is 0.278. The number of carbonyl (C=O) groups excluding carboxylic acids is 1. The van der Waals surface area contributed by atoms with Crippen LogP contribution in [0.5, 0.6) is 5.75 Å². The van der Waals surface area contributed by atoms with E-state index >= 15 is 0 Å². The first-order valence-corrected chi connectivity index (χ1v) is 8.40. The molecule has 2 heterocycles. The van der Waals surface area contributed by atoms with Crippen molar-refractivity contribution in [2.24, 2.45) is 0 Å². The number of amides is 1. The first-order valence-electron chi connectivity index (χ1n) is 7.53. The summed E-state index contributed by atoms with van der Waals surface area (Å²) in [5.41, 5.74) is 1.09. The zero-order chi connectivity index (χ0) is 16.3. The van der Waals surface area contributed by atoms with Gasteiger partial charge in [0, 0.05) is 17.4 Å². The molecule has 5 heteroatoms. The zero-order valence-electron chi connectivity index (χ0n) is 12.9. The van der Waals surface area contributed by atoms with Gasteiger partial charge in [0.2, 0.25) is 5.91 Å². The summed E-state index contributed by atoms with van der Waals surface area (Å²) in [5, 5.41) is 15.0. The summed E-state index contributed by atoms with van der Waals surface area (Å²) in [6.45, 7) is 2.60. The normalized spacial score (nSPS) is 15.9. The molecule has 1 aromatic heterocycles. The lowest BCUT2D eigenvalue weighted by Gasteiger charge is -2.21. The summed E-state index contributed by atoms with van der Waals surface area (Å²) in [6, 6.07) is 9.64. The molecule has 1 aromatic carbocycles. The van der Waals surface area contributed by atoms with Gasteiger partial charge in [-0.2, -0.15) is 0 Å². The van der Waals surface area contributed by atoms with Crippen molar-refractivity contribution in [1.29, 1.82) is 0 Å². The lowest BCUT2D eigenvalue weighted by molar-refractivity contribution is -0.117. The van der Waals surface area contributed by atoms with Crippen LogP contribution in [0.1, 0.15) is 22.9 Å². The largest absolute Gasteiger partial charge is 0.493 e. The van der Waals surface area contributed by atoms with Gasteiger partial charge in [0.15, 0.2) is 0 Å². The molecule has 0 bridgehead atoms. The Morgan fingerprint density at radius 2 is 2.35 bits per heavy atom. The van der Waals surface area contributed by atoms with Crippen LogP contribution in [-0.4, -0.2) is 24.2 Å². The Morgan fingerprint density at radius 1 is 1.48 bits per heavy atom. The third kappa shape index (κ3) is 3.81. The summed E-state index contributed by atoms with van der Waals surface area (Å²) in [5.74, 6) is 0.706. The van der Waals surface area contributed by atoms with Gasteiger partial charge in [0.05, 0.1) is 13.2 Å². The zero-order valence-corrected chi connectivity index (χ0v) is 13.7. The average Bonchev–Trinajstić information content (AvgIpc) is 3.21. The molecule has 23 heavy (non-hydrogen) atoms. The van der Waals surface area contributed by atoms with Gasteiger partial charge in [-0.05, 0) is 47.7 Å². The Balaban J connectivity index is 1.57. The summed E-state index contributed by atoms with van der Waals surface area (Å²) >= 11 is 1.47. The number of benzene rings is 1. The summed E-state index contributed by atoms with van der Waals surface area (Å²) in [7, 11) is 0. The number of aliphatic hydroxyl groups is 1. The quantitative estimate of drug-likeness (QED) is 0.829. The maximum absolute atomic E-state index is 11.9. The van der Waals surface area contributed by atoms with Gasteiger partial charge in [0.1, 0.15) is 11.4 Å². The molecule has 1 aliphatic rings. The highest BCUT2D eigenvalue weighted by Gasteiger charge is 2.24. The van der Waals surface area contributed by atoms with Crippen LogP contribution in [0.15, 0.2) is 41.8 Å².